The van der Waals surface area contributed by atoms with Gasteiger partial charge in [-0.2, -0.15) is 0 Å². The zero-order valence-electron chi connectivity index (χ0n) is 9.45. The summed E-state index contributed by atoms with van der Waals surface area (Å²) in [4.78, 5) is 17.8. The lowest BCUT2D eigenvalue weighted by atomic mass is 10.1. The molecule has 88 valence electrons. The number of Topliss-reactive ketones (excluding diaryl/α,β-unsaturated/α-hetero) is 1. The Morgan fingerprint density at radius 1 is 1.47 bits per heavy atom. The molecule has 2 aromatic rings. The van der Waals surface area contributed by atoms with Crippen molar-refractivity contribution in [3.63, 3.8) is 0 Å². The third-order valence-corrected chi connectivity index (χ3v) is 2.37. The Morgan fingerprint density at radius 2 is 2.24 bits per heavy atom. The number of aromatic nitrogens is 2. The maximum absolute atomic E-state index is 13.5. The SMILES string of the molecule is COc1ccc(-c2cnc(C(C)=O)[nH]2)cc1F. The molecule has 0 aliphatic carbocycles. The number of rotatable bonds is 3. The highest BCUT2D eigenvalue weighted by molar-refractivity contribution is 5.91. The molecular formula is C12H11FN2O2. The molecule has 1 N–H and O–H groups in total. The molecule has 1 aromatic carbocycles. The third-order valence-electron chi connectivity index (χ3n) is 2.37. The summed E-state index contributed by atoms with van der Waals surface area (Å²) in [7, 11) is 1.40. The van der Waals surface area contributed by atoms with E-state index in [4.69, 9.17) is 4.74 Å². The summed E-state index contributed by atoms with van der Waals surface area (Å²) in [5.41, 5.74) is 1.21. The molecule has 1 aromatic heterocycles. The molecule has 0 unspecified atom stereocenters. The Balaban J connectivity index is 2.39. The Kier molecular flexibility index (Phi) is 2.91. The Labute approximate surface area is 97.5 Å². The van der Waals surface area contributed by atoms with E-state index in [9.17, 15) is 9.18 Å². The van der Waals surface area contributed by atoms with Crippen LogP contribution < -0.4 is 4.74 Å². The van der Waals surface area contributed by atoms with E-state index in [2.05, 4.69) is 9.97 Å². The van der Waals surface area contributed by atoms with Crippen LogP contribution in [0.4, 0.5) is 4.39 Å². The lowest BCUT2D eigenvalue weighted by Gasteiger charge is -2.03. The largest absolute Gasteiger partial charge is 0.494 e. The van der Waals surface area contributed by atoms with Crippen molar-refractivity contribution in [2.24, 2.45) is 0 Å². The number of methoxy groups -OCH3 is 1. The number of nitrogens with one attached hydrogen (secondary N) is 1. The maximum atomic E-state index is 13.5. The number of nitrogens with zero attached hydrogens (tertiary/aromatic N) is 1. The smallest absolute Gasteiger partial charge is 0.194 e. The van der Waals surface area contributed by atoms with Crippen LogP contribution in [0.5, 0.6) is 5.75 Å². The normalized spacial score (nSPS) is 10.3. The van der Waals surface area contributed by atoms with E-state index in [0.717, 1.165) is 0 Å². The first-order valence-corrected chi connectivity index (χ1v) is 5.01. The number of halogens is 1. The monoisotopic (exact) mass is 234 g/mol. The summed E-state index contributed by atoms with van der Waals surface area (Å²) in [6.07, 6.45) is 1.50. The van der Waals surface area contributed by atoms with Crippen molar-refractivity contribution in [1.82, 2.24) is 9.97 Å². The standard InChI is InChI=1S/C12H11FN2O2/c1-7(16)12-14-6-10(15-12)8-3-4-11(17-2)9(13)5-8/h3-6H,1-2H3,(H,14,15). The summed E-state index contributed by atoms with van der Waals surface area (Å²) in [6, 6.07) is 4.55. The van der Waals surface area contributed by atoms with Gasteiger partial charge in [0.1, 0.15) is 0 Å². The average Bonchev–Trinajstić information content (AvgIpc) is 2.78. The van der Waals surface area contributed by atoms with Crippen LogP contribution in [-0.4, -0.2) is 22.9 Å². The number of ether oxygens (including phenoxy) is 1. The van der Waals surface area contributed by atoms with Crippen LogP contribution in [0.25, 0.3) is 11.3 Å². The van der Waals surface area contributed by atoms with E-state index in [-0.39, 0.29) is 17.4 Å². The van der Waals surface area contributed by atoms with Crippen molar-refractivity contribution in [3.05, 3.63) is 36.0 Å². The first-order chi connectivity index (χ1) is 8.11. The first-order valence-electron chi connectivity index (χ1n) is 5.01. The third kappa shape index (κ3) is 2.18. The fourth-order valence-electron chi connectivity index (χ4n) is 1.48. The summed E-state index contributed by atoms with van der Waals surface area (Å²) in [5.74, 6) is -0.175. The van der Waals surface area contributed by atoms with E-state index >= 15 is 0 Å². The molecule has 0 fully saturated rings. The topological polar surface area (TPSA) is 55.0 Å². The van der Waals surface area contributed by atoms with Gasteiger partial charge >= 0.3 is 0 Å². The molecule has 0 atom stereocenters. The fourth-order valence-corrected chi connectivity index (χ4v) is 1.48. The number of hydrogen-bond donors (Lipinski definition) is 1. The van der Waals surface area contributed by atoms with E-state index in [0.29, 0.717) is 11.3 Å². The number of hydrogen-bond acceptors (Lipinski definition) is 3. The molecule has 4 nitrogen and oxygen atoms in total. The lowest BCUT2D eigenvalue weighted by Crippen LogP contribution is -1.94. The minimum Gasteiger partial charge on any atom is -0.494 e. The van der Waals surface area contributed by atoms with Crippen LogP contribution in [0.3, 0.4) is 0 Å². The highest BCUT2D eigenvalue weighted by Gasteiger charge is 2.09. The van der Waals surface area contributed by atoms with Crippen molar-refractivity contribution in [1.29, 1.82) is 0 Å². The molecule has 0 saturated carbocycles. The molecule has 0 spiro atoms. The number of carbonyl (C=O) groups is 1. The highest BCUT2D eigenvalue weighted by Crippen LogP contribution is 2.24. The predicted molar refractivity (Wildman–Crippen MR) is 60.5 cm³/mol. The van der Waals surface area contributed by atoms with Crippen molar-refractivity contribution in [3.8, 4) is 17.0 Å². The molecule has 0 amide bonds. The first kappa shape index (κ1) is 11.3. The van der Waals surface area contributed by atoms with Gasteiger partial charge in [0.25, 0.3) is 0 Å². The molecule has 0 bridgehead atoms. The van der Waals surface area contributed by atoms with Gasteiger partial charge in [0.2, 0.25) is 0 Å². The molecule has 1 heterocycles. The molecule has 0 saturated heterocycles. The van der Waals surface area contributed by atoms with Gasteiger partial charge in [-0.05, 0) is 18.2 Å². The summed E-state index contributed by atoms with van der Waals surface area (Å²) in [6.45, 7) is 1.41. The van der Waals surface area contributed by atoms with Crippen LogP contribution >= 0.6 is 0 Å². The molecule has 2 rings (SSSR count). The van der Waals surface area contributed by atoms with Crippen molar-refractivity contribution in [2.45, 2.75) is 6.92 Å². The second kappa shape index (κ2) is 4.37. The van der Waals surface area contributed by atoms with Gasteiger partial charge in [-0.25, -0.2) is 9.37 Å². The van der Waals surface area contributed by atoms with Crippen molar-refractivity contribution >= 4 is 5.78 Å². The number of carbonyl (C=O) groups excluding carboxylic acids is 1. The minimum absolute atomic E-state index is 0.162. The van der Waals surface area contributed by atoms with Gasteiger partial charge in [-0.3, -0.25) is 4.79 Å². The van der Waals surface area contributed by atoms with E-state index in [1.807, 2.05) is 0 Å². The molecule has 17 heavy (non-hydrogen) atoms. The number of benzene rings is 1. The van der Waals surface area contributed by atoms with Gasteiger partial charge in [0, 0.05) is 12.5 Å². The van der Waals surface area contributed by atoms with Crippen molar-refractivity contribution < 1.29 is 13.9 Å². The highest BCUT2D eigenvalue weighted by atomic mass is 19.1. The minimum atomic E-state index is -0.455. The summed E-state index contributed by atoms with van der Waals surface area (Å²) < 4.78 is 18.3. The van der Waals surface area contributed by atoms with Crippen LogP contribution in [0.1, 0.15) is 17.5 Å². The Hall–Kier alpha value is -2.17. The maximum Gasteiger partial charge on any atom is 0.194 e. The average molecular weight is 234 g/mol. The molecule has 5 heteroatoms. The molecule has 0 radical (unpaired) electrons. The van der Waals surface area contributed by atoms with Gasteiger partial charge in [0.05, 0.1) is 19.0 Å². The van der Waals surface area contributed by atoms with Gasteiger partial charge in [-0.1, -0.05) is 0 Å². The Bertz CT molecular complexity index is 563. The number of H-pyrrole nitrogens is 1. The van der Waals surface area contributed by atoms with Gasteiger partial charge in [0.15, 0.2) is 23.2 Å². The second-order valence-corrected chi connectivity index (χ2v) is 3.55. The van der Waals surface area contributed by atoms with Gasteiger partial charge in [-0.15, -0.1) is 0 Å². The van der Waals surface area contributed by atoms with Crippen LogP contribution in [-0.2, 0) is 0 Å². The number of aromatic amines is 1. The predicted octanol–water partition coefficient (Wildman–Crippen LogP) is 2.43. The van der Waals surface area contributed by atoms with Crippen LogP contribution in [0.2, 0.25) is 0 Å². The lowest BCUT2D eigenvalue weighted by molar-refractivity contribution is 0.100. The number of imidazole rings is 1. The Morgan fingerprint density at radius 3 is 2.76 bits per heavy atom. The zero-order chi connectivity index (χ0) is 12.4. The van der Waals surface area contributed by atoms with Crippen LogP contribution in [0.15, 0.2) is 24.4 Å². The summed E-state index contributed by atoms with van der Waals surface area (Å²) in [5, 5.41) is 0. The van der Waals surface area contributed by atoms with Gasteiger partial charge < -0.3 is 9.72 Å². The molecule has 0 aliphatic rings. The summed E-state index contributed by atoms with van der Waals surface area (Å²) >= 11 is 0. The van der Waals surface area contributed by atoms with E-state index < -0.39 is 5.82 Å². The van der Waals surface area contributed by atoms with Crippen molar-refractivity contribution in [2.75, 3.05) is 7.11 Å². The fraction of sp³-hybridized carbons (Fsp3) is 0.167. The second-order valence-electron chi connectivity index (χ2n) is 3.55. The number of ketones is 1. The van der Waals surface area contributed by atoms with E-state index in [1.165, 1.54) is 32.4 Å². The molecule has 0 aliphatic heterocycles. The van der Waals surface area contributed by atoms with Crippen LogP contribution in [0, 0.1) is 5.82 Å². The van der Waals surface area contributed by atoms with E-state index in [1.54, 1.807) is 6.07 Å². The zero-order valence-corrected chi connectivity index (χ0v) is 9.45. The quantitative estimate of drug-likeness (QED) is 0.830. The molecular weight excluding hydrogens is 223 g/mol.